The smallest absolute Gasteiger partial charge is 0.163 e. The average Bonchev–Trinajstić information content (AvgIpc) is 2.69. The normalized spacial score (nSPS) is 11.0. The molecule has 5 nitrogen and oxygen atoms in total. The second kappa shape index (κ2) is 3.80. The van der Waals surface area contributed by atoms with Gasteiger partial charge in [0.1, 0.15) is 17.8 Å². The molecule has 0 aliphatic heterocycles. The summed E-state index contributed by atoms with van der Waals surface area (Å²) in [7, 11) is 1.86. The zero-order valence-electron chi connectivity index (χ0n) is 10.3. The van der Waals surface area contributed by atoms with Crippen molar-refractivity contribution in [3.8, 4) is 11.3 Å². The minimum Gasteiger partial charge on any atom is -0.383 e. The van der Waals surface area contributed by atoms with Crippen LogP contribution in [0.1, 0.15) is 5.56 Å². The number of aryl methyl sites for hydroxylation is 2. The third-order valence-electron chi connectivity index (χ3n) is 2.94. The highest BCUT2D eigenvalue weighted by Gasteiger charge is 2.14. The highest BCUT2D eigenvalue weighted by Crippen LogP contribution is 2.29. The molecule has 90 valence electrons. The maximum atomic E-state index is 5.94. The van der Waals surface area contributed by atoms with Gasteiger partial charge in [-0.3, -0.25) is 0 Å². The van der Waals surface area contributed by atoms with Gasteiger partial charge in [0, 0.05) is 12.6 Å². The molecule has 2 heterocycles. The molecule has 0 radical (unpaired) electrons. The molecule has 0 fully saturated rings. The van der Waals surface area contributed by atoms with E-state index in [1.165, 1.54) is 11.9 Å². The Hall–Kier alpha value is -2.43. The molecule has 2 N–H and O–H groups in total. The second-order valence-corrected chi connectivity index (χ2v) is 4.30. The molecule has 0 atom stereocenters. The van der Waals surface area contributed by atoms with Crippen LogP contribution in [0.25, 0.3) is 22.3 Å². The number of hydrogen-bond acceptors (Lipinski definition) is 4. The van der Waals surface area contributed by atoms with Crippen LogP contribution < -0.4 is 5.73 Å². The summed E-state index contributed by atoms with van der Waals surface area (Å²) >= 11 is 0. The Morgan fingerprint density at radius 2 is 2.06 bits per heavy atom. The van der Waals surface area contributed by atoms with Crippen molar-refractivity contribution < 1.29 is 0 Å². The van der Waals surface area contributed by atoms with Gasteiger partial charge in [-0.05, 0) is 13.0 Å². The van der Waals surface area contributed by atoms with Crippen LogP contribution in [0.2, 0.25) is 0 Å². The molecule has 2 aromatic heterocycles. The van der Waals surface area contributed by atoms with Crippen LogP contribution in [0.3, 0.4) is 0 Å². The molecule has 0 unspecified atom stereocenters. The van der Waals surface area contributed by atoms with Gasteiger partial charge in [-0.2, -0.15) is 5.10 Å². The summed E-state index contributed by atoms with van der Waals surface area (Å²) in [6.07, 6.45) is 1.46. The first-order valence-electron chi connectivity index (χ1n) is 5.67. The number of hydrogen-bond donors (Lipinski definition) is 1. The molecule has 1 aromatic carbocycles. The molecular weight excluding hydrogens is 226 g/mol. The van der Waals surface area contributed by atoms with E-state index in [9.17, 15) is 0 Å². The number of anilines is 1. The predicted octanol–water partition coefficient (Wildman–Crippen LogP) is 1.92. The molecule has 3 rings (SSSR count). The average molecular weight is 239 g/mol. The second-order valence-electron chi connectivity index (χ2n) is 4.30. The first kappa shape index (κ1) is 10.7. The Morgan fingerprint density at radius 3 is 2.83 bits per heavy atom. The van der Waals surface area contributed by atoms with Crippen molar-refractivity contribution in [3.05, 3.63) is 36.2 Å². The van der Waals surface area contributed by atoms with Crippen molar-refractivity contribution in [2.24, 2.45) is 7.05 Å². The fraction of sp³-hybridized carbons (Fsp3) is 0.154. The van der Waals surface area contributed by atoms with E-state index in [0.717, 1.165) is 22.3 Å². The third kappa shape index (κ3) is 1.52. The van der Waals surface area contributed by atoms with E-state index in [4.69, 9.17) is 5.73 Å². The largest absolute Gasteiger partial charge is 0.383 e. The number of nitrogens with two attached hydrogens (primary N) is 1. The van der Waals surface area contributed by atoms with Crippen molar-refractivity contribution >= 4 is 16.9 Å². The summed E-state index contributed by atoms with van der Waals surface area (Å²) in [5.41, 5.74) is 9.73. The third-order valence-corrected chi connectivity index (χ3v) is 2.94. The van der Waals surface area contributed by atoms with Crippen LogP contribution >= 0.6 is 0 Å². The van der Waals surface area contributed by atoms with Crippen LogP contribution in [-0.4, -0.2) is 19.7 Å². The van der Waals surface area contributed by atoms with Gasteiger partial charge in [0.05, 0.1) is 5.39 Å². The lowest BCUT2D eigenvalue weighted by Crippen LogP contribution is -1.95. The molecule has 0 aliphatic carbocycles. The van der Waals surface area contributed by atoms with Gasteiger partial charge < -0.3 is 5.73 Å². The molecule has 0 spiro atoms. The summed E-state index contributed by atoms with van der Waals surface area (Å²) in [4.78, 5) is 8.26. The number of benzene rings is 1. The van der Waals surface area contributed by atoms with E-state index in [1.807, 2.05) is 19.2 Å². The van der Waals surface area contributed by atoms with E-state index in [2.05, 4.69) is 34.1 Å². The monoisotopic (exact) mass is 239 g/mol. The first-order valence-corrected chi connectivity index (χ1v) is 5.67. The molecular formula is C13H13N5. The van der Waals surface area contributed by atoms with Crippen LogP contribution in [0, 0.1) is 6.92 Å². The molecule has 0 amide bonds. The number of aromatic nitrogens is 4. The lowest BCUT2D eigenvalue weighted by atomic mass is 10.1. The van der Waals surface area contributed by atoms with E-state index in [-0.39, 0.29) is 0 Å². The predicted molar refractivity (Wildman–Crippen MR) is 70.9 cm³/mol. The maximum Gasteiger partial charge on any atom is 0.163 e. The number of nitrogen functional groups attached to an aromatic ring is 1. The number of fused-ring (bicyclic) bond motifs is 1. The number of nitrogens with zero attached hydrogens (tertiary/aromatic N) is 4. The summed E-state index contributed by atoms with van der Waals surface area (Å²) in [6.45, 7) is 2.05. The Kier molecular flexibility index (Phi) is 2.26. The highest BCUT2D eigenvalue weighted by molar-refractivity contribution is 5.98. The van der Waals surface area contributed by atoms with E-state index < -0.39 is 0 Å². The Labute approximate surface area is 104 Å². The zero-order chi connectivity index (χ0) is 12.7. The van der Waals surface area contributed by atoms with Gasteiger partial charge >= 0.3 is 0 Å². The van der Waals surface area contributed by atoms with Crippen LogP contribution in [-0.2, 0) is 7.05 Å². The van der Waals surface area contributed by atoms with Crippen molar-refractivity contribution in [1.29, 1.82) is 0 Å². The van der Waals surface area contributed by atoms with Gasteiger partial charge in [-0.15, -0.1) is 0 Å². The Balaban J connectivity index is 2.36. The summed E-state index contributed by atoms with van der Waals surface area (Å²) in [6, 6.07) is 8.15. The molecule has 3 aromatic rings. The molecule has 0 bridgehead atoms. The van der Waals surface area contributed by atoms with Gasteiger partial charge in [0.15, 0.2) is 5.65 Å². The standard InChI is InChI=1S/C13H13N5/c1-8-4-3-5-9(6-8)11-10-12(14)15-7-16-13(10)18(2)17-11/h3-7H,1-2H3,(H2,14,15,16). The van der Waals surface area contributed by atoms with E-state index in [1.54, 1.807) is 4.68 Å². The van der Waals surface area contributed by atoms with Gasteiger partial charge in [-0.25, -0.2) is 14.6 Å². The fourth-order valence-electron chi connectivity index (χ4n) is 2.10. The lowest BCUT2D eigenvalue weighted by molar-refractivity contribution is 0.788. The van der Waals surface area contributed by atoms with Crippen LogP contribution in [0.5, 0.6) is 0 Å². The van der Waals surface area contributed by atoms with Crippen molar-refractivity contribution in [3.63, 3.8) is 0 Å². The summed E-state index contributed by atoms with van der Waals surface area (Å²) in [5.74, 6) is 0.463. The quantitative estimate of drug-likeness (QED) is 0.704. The minimum absolute atomic E-state index is 0.463. The molecule has 0 aliphatic rings. The number of rotatable bonds is 1. The maximum absolute atomic E-state index is 5.94. The molecule has 0 saturated heterocycles. The lowest BCUT2D eigenvalue weighted by Gasteiger charge is -2.00. The SMILES string of the molecule is Cc1cccc(-c2nn(C)c3ncnc(N)c23)c1. The first-order chi connectivity index (χ1) is 8.66. The fourth-order valence-corrected chi connectivity index (χ4v) is 2.10. The summed E-state index contributed by atoms with van der Waals surface area (Å²) < 4.78 is 1.73. The zero-order valence-corrected chi connectivity index (χ0v) is 10.3. The minimum atomic E-state index is 0.463. The Morgan fingerprint density at radius 1 is 1.22 bits per heavy atom. The van der Waals surface area contributed by atoms with Crippen molar-refractivity contribution in [2.45, 2.75) is 6.92 Å². The summed E-state index contributed by atoms with van der Waals surface area (Å²) in [5, 5.41) is 5.31. The van der Waals surface area contributed by atoms with Crippen LogP contribution in [0.15, 0.2) is 30.6 Å². The van der Waals surface area contributed by atoms with Gasteiger partial charge in [0.25, 0.3) is 0 Å². The Bertz CT molecular complexity index is 729. The molecule has 5 heteroatoms. The topological polar surface area (TPSA) is 69.6 Å². The highest BCUT2D eigenvalue weighted by atomic mass is 15.3. The molecule has 18 heavy (non-hydrogen) atoms. The van der Waals surface area contributed by atoms with E-state index >= 15 is 0 Å². The van der Waals surface area contributed by atoms with Gasteiger partial charge in [0.2, 0.25) is 0 Å². The van der Waals surface area contributed by atoms with Crippen molar-refractivity contribution in [1.82, 2.24) is 19.7 Å². The molecule has 0 saturated carbocycles. The van der Waals surface area contributed by atoms with E-state index in [0.29, 0.717) is 5.82 Å². The van der Waals surface area contributed by atoms with Crippen LogP contribution in [0.4, 0.5) is 5.82 Å². The van der Waals surface area contributed by atoms with Gasteiger partial charge in [-0.1, -0.05) is 23.8 Å². The van der Waals surface area contributed by atoms with Crippen molar-refractivity contribution in [2.75, 3.05) is 5.73 Å².